The quantitative estimate of drug-likeness (QED) is 0.706. The molecule has 1 aliphatic carbocycles. The average Bonchev–Trinajstić information content (AvgIpc) is 2.58. The Bertz CT molecular complexity index is 691. The number of carboxylic acid groups (broad SMARTS) is 1. The van der Waals surface area contributed by atoms with Crippen LogP contribution in [0.1, 0.15) is 48.8 Å². The van der Waals surface area contributed by atoms with Crippen molar-refractivity contribution in [3.63, 3.8) is 0 Å². The number of benzene rings is 1. The summed E-state index contributed by atoms with van der Waals surface area (Å²) in [6.45, 7) is 0. The molecule has 1 aromatic rings. The first-order chi connectivity index (χ1) is 12.9. The van der Waals surface area contributed by atoms with Gasteiger partial charge in [0.1, 0.15) is 6.04 Å². The fourth-order valence-electron chi connectivity index (χ4n) is 3.38. The van der Waals surface area contributed by atoms with E-state index in [1.807, 2.05) is 0 Å². The molecule has 1 saturated carbocycles. The van der Waals surface area contributed by atoms with Crippen molar-refractivity contribution < 1.29 is 41.0 Å². The summed E-state index contributed by atoms with van der Waals surface area (Å²) < 4.78 is 77.3. The van der Waals surface area contributed by atoms with Gasteiger partial charge in [-0.3, -0.25) is 4.79 Å². The molecular formula is C18H19F6NO3. The van der Waals surface area contributed by atoms with Crippen LogP contribution in [-0.2, 0) is 28.4 Å². The minimum Gasteiger partial charge on any atom is -0.480 e. The number of nitrogens with one attached hydrogen (secondary N) is 1. The molecule has 0 unspecified atom stereocenters. The second-order valence-electron chi connectivity index (χ2n) is 6.87. The number of rotatable bonds is 5. The molecule has 4 nitrogen and oxygen atoms in total. The van der Waals surface area contributed by atoms with Crippen molar-refractivity contribution in [1.29, 1.82) is 0 Å². The molecule has 1 aliphatic rings. The van der Waals surface area contributed by atoms with E-state index >= 15 is 0 Å². The van der Waals surface area contributed by atoms with Gasteiger partial charge in [0.15, 0.2) is 0 Å². The van der Waals surface area contributed by atoms with E-state index in [0.29, 0.717) is 25.0 Å². The molecule has 2 N–H and O–H groups in total. The minimum absolute atomic E-state index is 0.0243. The lowest BCUT2D eigenvalue weighted by Crippen LogP contribution is -2.47. The van der Waals surface area contributed by atoms with Crippen LogP contribution in [0.2, 0.25) is 0 Å². The van der Waals surface area contributed by atoms with Crippen molar-refractivity contribution in [3.8, 4) is 0 Å². The van der Waals surface area contributed by atoms with Gasteiger partial charge in [-0.05, 0) is 42.5 Å². The van der Waals surface area contributed by atoms with Gasteiger partial charge in [0, 0.05) is 0 Å². The number of hydrogen-bond donors (Lipinski definition) is 2. The van der Waals surface area contributed by atoms with Crippen molar-refractivity contribution in [3.05, 3.63) is 34.9 Å². The topological polar surface area (TPSA) is 66.4 Å². The van der Waals surface area contributed by atoms with Crippen LogP contribution in [0.25, 0.3) is 0 Å². The van der Waals surface area contributed by atoms with Gasteiger partial charge in [-0.2, -0.15) is 26.3 Å². The van der Waals surface area contributed by atoms with Gasteiger partial charge in [0.05, 0.1) is 17.5 Å². The summed E-state index contributed by atoms with van der Waals surface area (Å²) in [4.78, 5) is 23.6. The second kappa shape index (κ2) is 8.40. The zero-order valence-electron chi connectivity index (χ0n) is 14.7. The van der Waals surface area contributed by atoms with Crippen molar-refractivity contribution in [2.24, 2.45) is 5.92 Å². The van der Waals surface area contributed by atoms with Gasteiger partial charge in [0.25, 0.3) is 0 Å². The second-order valence-corrected chi connectivity index (χ2v) is 6.87. The Kier molecular flexibility index (Phi) is 6.61. The van der Waals surface area contributed by atoms with Gasteiger partial charge in [-0.25, -0.2) is 4.79 Å². The van der Waals surface area contributed by atoms with Crippen LogP contribution in [0.5, 0.6) is 0 Å². The normalized spacial score (nSPS) is 17.2. The molecule has 2 rings (SSSR count). The molecule has 0 aliphatic heterocycles. The van der Waals surface area contributed by atoms with E-state index in [9.17, 15) is 41.0 Å². The molecule has 1 amide bonds. The van der Waals surface area contributed by atoms with E-state index in [2.05, 4.69) is 5.32 Å². The Morgan fingerprint density at radius 3 is 1.89 bits per heavy atom. The number of aliphatic carboxylic acids is 1. The Morgan fingerprint density at radius 1 is 0.964 bits per heavy atom. The average molecular weight is 411 g/mol. The summed E-state index contributed by atoms with van der Waals surface area (Å²) >= 11 is 0. The number of halogens is 6. The van der Waals surface area contributed by atoms with Crippen LogP contribution < -0.4 is 5.32 Å². The molecule has 0 saturated heterocycles. The highest BCUT2D eigenvalue weighted by molar-refractivity contribution is 5.85. The van der Waals surface area contributed by atoms with E-state index in [1.165, 1.54) is 0 Å². The molecule has 0 heterocycles. The Balaban J connectivity index is 2.20. The van der Waals surface area contributed by atoms with Crippen molar-refractivity contribution in [2.45, 2.75) is 56.9 Å². The predicted octanol–water partition coefficient (Wildman–Crippen LogP) is 4.42. The SMILES string of the molecule is O=C(Cc1cc(C(F)(F)F)cc(C(F)(F)F)c1)N[C@H](C(=O)O)C1CCCCC1. The Morgan fingerprint density at radius 2 is 1.46 bits per heavy atom. The number of alkyl halides is 6. The zero-order chi connectivity index (χ0) is 21.1. The highest BCUT2D eigenvalue weighted by Gasteiger charge is 2.37. The summed E-state index contributed by atoms with van der Waals surface area (Å²) in [6, 6.07) is -0.319. The van der Waals surface area contributed by atoms with E-state index < -0.39 is 53.4 Å². The molecule has 1 aromatic carbocycles. The fourth-order valence-corrected chi connectivity index (χ4v) is 3.38. The molecule has 156 valence electrons. The molecule has 0 radical (unpaired) electrons. The lowest BCUT2D eigenvalue weighted by molar-refractivity contribution is -0.144. The van der Waals surface area contributed by atoms with E-state index in [0.717, 1.165) is 19.3 Å². The van der Waals surface area contributed by atoms with Crippen LogP contribution in [0, 0.1) is 5.92 Å². The number of carbonyl (C=O) groups is 2. The maximum absolute atomic E-state index is 12.9. The van der Waals surface area contributed by atoms with Gasteiger partial charge >= 0.3 is 18.3 Å². The molecular weight excluding hydrogens is 392 g/mol. The molecule has 0 spiro atoms. The van der Waals surface area contributed by atoms with Crippen LogP contribution in [0.3, 0.4) is 0 Å². The van der Waals surface area contributed by atoms with E-state index in [4.69, 9.17) is 0 Å². The predicted molar refractivity (Wildman–Crippen MR) is 86.3 cm³/mol. The van der Waals surface area contributed by atoms with Gasteiger partial charge in [-0.15, -0.1) is 0 Å². The summed E-state index contributed by atoms with van der Waals surface area (Å²) in [5.41, 5.74) is -3.54. The highest BCUT2D eigenvalue weighted by Crippen LogP contribution is 2.36. The van der Waals surface area contributed by atoms with Gasteiger partial charge < -0.3 is 10.4 Å². The molecule has 0 aromatic heterocycles. The first-order valence-corrected chi connectivity index (χ1v) is 8.68. The number of carboxylic acids is 1. The largest absolute Gasteiger partial charge is 0.480 e. The molecule has 1 atom stereocenters. The summed E-state index contributed by atoms with van der Waals surface area (Å²) in [5, 5.41) is 11.6. The van der Waals surface area contributed by atoms with Crippen molar-refractivity contribution >= 4 is 11.9 Å². The van der Waals surface area contributed by atoms with Crippen molar-refractivity contribution in [2.75, 3.05) is 0 Å². The van der Waals surface area contributed by atoms with Crippen LogP contribution in [0.15, 0.2) is 18.2 Å². The Hall–Kier alpha value is -2.26. The van der Waals surface area contributed by atoms with Crippen molar-refractivity contribution in [1.82, 2.24) is 5.32 Å². The third-order valence-electron chi connectivity index (χ3n) is 4.72. The van der Waals surface area contributed by atoms with E-state index in [-0.39, 0.29) is 12.0 Å². The third kappa shape index (κ3) is 5.87. The zero-order valence-corrected chi connectivity index (χ0v) is 14.7. The maximum atomic E-state index is 12.9. The fraction of sp³-hybridized carbons (Fsp3) is 0.556. The van der Waals surface area contributed by atoms with E-state index in [1.54, 1.807) is 0 Å². The minimum atomic E-state index is -5.02. The number of carbonyl (C=O) groups excluding carboxylic acids is 1. The molecule has 1 fully saturated rings. The molecule has 28 heavy (non-hydrogen) atoms. The molecule has 10 heteroatoms. The smallest absolute Gasteiger partial charge is 0.416 e. The first-order valence-electron chi connectivity index (χ1n) is 8.68. The third-order valence-corrected chi connectivity index (χ3v) is 4.72. The summed E-state index contributed by atoms with van der Waals surface area (Å²) in [5.74, 6) is -2.53. The monoisotopic (exact) mass is 411 g/mol. The number of hydrogen-bond acceptors (Lipinski definition) is 2. The standard InChI is InChI=1S/C18H19F6NO3/c19-17(20,21)12-6-10(7-13(9-12)18(22,23)24)8-14(26)25-15(16(27)28)11-4-2-1-3-5-11/h6-7,9,11,15H,1-5,8H2,(H,25,26)(H,27,28)/t15-/m0/s1. The molecule has 0 bridgehead atoms. The van der Waals surface area contributed by atoms with Gasteiger partial charge in [-0.1, -0.05) is 19.3 Å². The van der Waals surface area contributed by atoms with Gasteiger partial charge in [0.2, 0.25) is 5.91 Å². The maximum Gasteiger partial charge on any atom is 0.416 e. The van der Waals surface area contributed by atoms with Crippen LogP contribution >= 0.6 is 0 Å². The van der Waals surface area contributed by atoms with Crippen LogP contribution in [0.4, 0.5) is 26.3 Å². The van der Waals surface area contributed by atoms with Crippen LogP contribution in [-0.4, -0.2) is 23.0 Å². The summed E-state index contributed by atoms with van der Waals surface area (Å²) in [6.07, 6.45) is -7.11. The highest BCUT2D eigenvalue weighted by atomic mass is 19.4. The number of amides is 1. The lowest BCUT2D eigenvalue weighted by atomic mass is 9.84. The Labute approximate surface area is 156 Å². The lowest BCUT2D eigenvalue weighted by Gasteiger charge is -2.28. The summed E-state index contributed by atoms with van der Waals surface area (Å²) in [7, 11) is 0. The first kappa shape index (κ1) is 22.0.